The summed E-state index contributed by atoms with van der Waals surface area (Å²) in [4.78, 5) is 20.8. The van der Waals surface area contributed by atoms with E-state index in [1.807, 2.05) is 19.6 Å². The molecule has 0 bridgehead atoms. The molecule has 2 unspecified atom stereocenters. The molecule has 0 spiro atoms. The van der Waals surface area contributed by atoms with Crippen molar-refractivity contribution < 1.29 is 30.8 Å². The SMILES string of the molecule is COCCC[Si](C)(O[Si](C)(C)O)O[Si](C)(CCCNCCN)O[Si](C)(C)O[Si](C)(C)O. The van der Waals surface area contributed by atoms with Crippen LogP contribution in [0.1, 0.15) is 12.8 Å². The molecule has 188 valence electrons. The monoisotopic (exact) mass is 532 g/mol. The summed E-state index contributed by atoms with van der Waals surface area (Å²) in [6, 6.07) is 1.46. The maximum Gasteiger partial charge on any atom is 0.320 e. The molecule has 14 heteroatoms. The van der Waals surface area contributed by atoms with Crippen molar-refractivity contribution in [2.45, 2.75) is 77.3 Å². The predicted octanol–water partition coefficient (Wildman–Crippen LogP) is 2.26. The average Bonchev–Trinajstić information content (AvgIpc) is 2.49. The highest BCUT2D eigenvalue weighted by Crippen LogP contribution is 2.31. The van der Waals surface area contributed by atoms with Crippen LogP contribution < -0.4 is 11.1 Å². The molecule has 0 aromatic heterocycles. The van der Waals surface area contributed by atoms with E-state index in [-0.39, 0.29) is 0 Å². The first-order valence-electron chi connectivity index (χ1n) is 11.1. The smallest absolute Gasteiger partial charge is 0.320 e. The van der Waals surface area contributed by atoms with Gasteiger partial charge < -0.3 is 41.8 Å². The lowest BCUT2D eigenvalue weighted by Gasteiger charge is -2.43. The molecule has 0 heterocycles. The first-order chi connectivity index (χ1) is 13.9. The zero-order chi connectivity index (χ0) is 24.4. The van der Waals surface area contributed by atoms with Gasteiger partial charge in [0.1, 0.15) is 0 Å². The first kappa shape index (κ1) is 31.7. The molecular weight excluding hydrogens is 485 g/mol. The molecular formula is C17H48N2O7Si5. The number of hydrogen-bond donors (Lipinski definition) is 4. The fourth-order valence-electron chi connectivity index (χ4n) is 3.67. The van der Waals surface area contributed by atoms with Crippen molar-refractivity contribution in [1.29, 1.82) is 0 Å². The van der Waals surface area contributed by atoms with E-state index in [2.05, 4.69) is 11.9 Å². The van der Waals surface area contributed by atoms with E-state index < -0.39 is 42.8 Å². The summed E-state index contributed by atoms with van der Waals surface area (Å²) in [5.74, 6) is 0. The number of nitrogens with one attached hydrogen (secondary N) is 1. The van der Waals surface area contributed by atoms with Gasteiger partial charge in [0.15, 0.2) is 0 Å². The van der Waals surface area contributed by atoms with E-state index >= 15 is 0 Å². The Hall–Kier alpha value is 0.724. The Morgan fingerprint density at radius 3 is 1.71 bits per heavy atom. The van der Waals surface area contributed by atoms with Gasteiger partial charge in [0.05, 0.1) is 0 Å². The summed E-state index contributed by atoms with van der Waals surface area (Å²) in [5.41, 5.74) is 5.56. The van der Waals surface area contributed by atoms with Crippen molar-refractivity contribution in [2.75, 3.05) is 33.4 Å². The third-order valence-corrected chi connectivity index (χ3v) is 21.5. The molecule has 0 fully saturated rings. The molecule has 0 radical (unpaired) electrons. The van der Waals surface area contributed by atoms with Crippen LogP contribution in [0.15, 0.2) is 0 Å². The van der Waals surface area contributed by atoms with Gasteiger partial charge in [-0.3, -0.25) is 0 Å². The molecule has 5 N–H and O–H groups in total. The zero-order valence-corrected chi connectivity index (χ0v) is 26.2. The van der Waals surface area contributed by atoms with Crippen molar-refractivity contribution in [2.24, 2.45) is 5.73 Å². The van der Waals surface area contributed by atoms with E-state index in [1.54, 1.807) is 33.3 Å². The number of nitrogens with two attached hydrogens (primary N) is 1. The van der Waals surface area contributed by atoms with Gasteiger partial charge in [-0.2, -0.15) is 0 Å². The quantitative estimate of drug-likeness (QED) is 0.155. The summed E-state index contributed by atoms with van der Waals surface area (Å²) in [5, 5.41) is 3.32. The molecule has 0 aliphatic heterocycles. The van der Waals surface area contributed by atoms with Gasteiger partial charge in [0, 0.05) is 26.8 Å². The third kappa shape index (κ3) is 16.9. The lowest BCUT2D eigenvalue weighted by atomic mass is 10.5. The second kappa shape index (κ2) is 13.6. The summed E-state index contributed by atoms with van der Waals surface area (Å²) in [6.45, 7) is 17.8. The van der Waals surface area contributed by atoms with Crippen LogP contribution in [0.25, 0.3) is 0 Å². The maximum atomic E-state index is 10.5. The van der Waals surface area contributed by atoms with Crippen LogP contribution >= 0.6 is 0 Å². The van der Waals surface area contributed by atoms with Gasteiger partial charge in [0.2, 0.25) is 0 Å². The van der Waals surface area contributed by atoms with Crippen molar-refractivity contribution in [3.63, 3.8) is 0 Å². The number of ether oxygens (including phenoxy) is 1. The number of hydrogen-bond acceptors (Lipinski definition) is 9. The Labute approximate surface area is 195 Å². The Kier molecular flexibility index (Phi) is 13.9. The molecule has 0 aliphatic carbocycles. The van der Waals surface area contributed by atoms with Crippen LogP contribution in [0.4, 0.5) is 0 Å². The van der Waals surface area contributed by atoms with Gasteiger partial charge in [0.25, 0.3) is 0 Å². The van der Waals surface area contributed by atoms with Gasteiger partial charge in [-0.1, -0.05) is 0 Å². The fourth-order valence-corrected chi connectivity index (χ4v) is 25.4. The van der Waals surface area contributed by atoms with Crippen LogP contribution in [0.5, 0.6) is 0 Å². The molecule has 0 aliphatic rings. The van der Waals surface area contributed by atoms with Crippen molar-refractivity contribution >= 4 is 42.8 Å². The largest absolute Gasteiger partial charge is 0.416 e. The minimum Gasteiger partial charge on any atom is -0.416 e. The topological polar surface area (TPSA) is 125 Å². The summed E-state index contributed by atoms with van der Waals surface area (Å²) in [7, 11) is -12.0. The Morgan fingerprint density at radius 2 is 1.23 bits per heavy atom. The first-order valence-corrected chi connectivity index (χ1v) is 24.7. The molecule has 0 aromatic rings. The highest BCUT2D eigenvalue weighted by molar-refractivity contribution is 6.89. The second-order valence-corrected chi connectivity index (χ2v) is 27.1. The van der Waals surface area contributed by atoms with Crippen LogP contribution in [0, 0.1) is 0 Å². The maximum absolute atomic E-state index is 10.5. The van der Waals surface area contributed by atoms with Gasteiger partial charge in [-0.15, -0.1) is 0 Å². The molecule has 0 amide bonds. The Bertz CT molecular complexity index is 508. The molecule has 0 aromatic carbocycles. The van der Waals surface area contributed by atoms with E-state index in [0.717, 1.165) is 32.0 Å². The van der Waals surface area contributed by atoms with Crippen LogP contribution in [-0.4, -0.2) is 85.7 Å². The van der Waals surface area contributed by atoms with Gasteiger partial charge in [-0.25, -0.2) is 0 Å². The normalized spacial score (nSPS) is 17.4. The van der Waals surface area contributed by atoms with E-state index in [1.165, 1.54) is 0 Å². The molecule has 0 saturated carbocycles. The van der Waals surface area contributed by atoms with Crippen molar-refractivity contribution in [3.8, 4) is 0 Å². The molecule has 9 nitrogen and oxygen atoms in total. The van der Waals surface area contributed by atoms with Crippen LogP contribution in [0.3, 0.4) is 0 Å². The van der Waals surface area contributed by atoms with Crippen molar-refractivity contribution in [1.82, 2.24) is 5.32 Å². The predicted molar refractivity (Wildman–Crippen MR) is 137 cm³/mol. The van der Waals surface area contributed by atoms with Crippen molar-refractivity contribution in [3.05, 3.63) is 0 Å². The van der Waals surface area contributed by atoms with E-state index in [4.69, 9.17) is 26.9 Å². The van der Waals surface area contributed by atoms with Crippen LogP contribution in [0.2, 0.25) is 64.5 Å². The van der Waals surface area contributed by atoms with E-state index in [9.17, 15) is 9.59 Å². The van der Waals surface area contributed by atoms with Gasteiger partial charge in [-0.05, 0) is 83.9 Å². The fraction of sp³-hybridized carbons (Fsp3) is 1.00. The number of rotatable bonds is 18. The summed E-state index contributed by atoms with van der Waals surface area (Å²) < 4.78 is 30.9. The molecule has 0 rings (SSSR count). The van der Waals surface area contributed by atoms with Gasteiger partial charge >= 0.3 is 42.8 Å². The highest BCUT2D eigenvalue weighted by atomic mass is 28.5. The molecule has 31 heavy (non-hydrogen) atoms. The average molecular weight is 533 g/mol. The highest BCUT2D eigenvalue weighted by Gasteiger charge is 2.49. The Balaban J connectivity index is 5.61. The molecule has 0 saturated heterocycles. The van der Waals surface area contributed by atoms with Crippen LogP contribution in [-0.2, 0) is 21.2 Å². The number of methoxy groups -OCH3 is 1. The zero-order valence-electron chi connectivity index (χ0n) is 21.2. The van der Waals surface area contributed by atoms with E-state index in [0.29, 0.717) is 19.2 Å². The molecule has 2 atom stereocenters. The lowest BCUT2D eigenvalue weighted by molar-refractivity contribution is 0.194. The third-order valence-electron chi connectivity index (χ3n) is 4.14. The summed E-state index contributed by atoms with van der Waals surface area (Å²) >= 11 is 0. The minimum atomic E-state index is -2.82. The second-order valence-electron chi connectivity index (χ2n) is 9.71. The Morgan fingerprint density at radius 1 is 0.710 bits per heavy atom. The summed E-state index contributed by atoms with van der Waals surface area (Å²) in [6.07, 6.45) is 1.66. The minimum absolute atomic E-state index is 0.597. The lowest BCUT2D eigenvalue weighted by Crippen LogP contribution is -2.61. The standard InChI is InChI=1S/C17H48N2O7Si5/c1-22-15-11-17-30(8,24-28(4,5)21)26-31(9,16-10-13-19-14-12-18)25-29(6,7)23-27(2,3)20/h19-21H,10-18H2,1-9H3.